The summed E-state index contributed by atoms with van der Waals surface area (Å²) in [6.07, 6.45) is 7.24. The highest BCUT2D eigenvalue weighted by Gasteiger charge is 2.37. The number of anilines is 4. The second-order valence-electron chi connectivity index (χ2n) is 24.1. The molecule has 0 saturated heterocycles. The lowest BCUT2D eigenvalue weighted by molar-refractivity contribution is -0.275. The Morgan fingerprint density at radius 1 is 0.553 bits per heavy atom. The molecule has 10 nitrogen and oxygen atoms in total. The van der Waals surface area contributed by atoms with Gasteiger partial charge in [0.2, 0.25) is 11.9 Å². The number of halogens is 6. The molecule has 4 fully saturated rings. The lowest BCUT2D eigenvalue weighted by Gasteiger charge is -2.40. The van der Waals surface area contributed by atoms with Crippen molar-refractivity contribution in [2.24, 2.45) is 34.5 Å². The number of Topliss-reactive ketones (excluding diaryl/α,β-unsaturated/α-hetero) is 2. The van der Waals surface area contributed by atoms with Crippen LogP contribution in [0.5, 0.6) is 11.5 Å². The molecule has 4 aliphatic carbocycles. The van der Waals surface area contributed by atoms with Crippen LogP contribution in [0.1, 0.15) is 177 Å². The molecule has 0 aliphatic heterocycles. The van der Waals surface area contributed by atoms with Crippen LogP contribution in [0.15, 0.2) is 84.9 Å². The standard InChI is InChI=1S/2C30H36F3N3O2/c2*1-19-14-23(18-29(2,3)17-19)36-26-16-21(27(37)15-20-6-4-5-7-20)8-13-25(26)35-28(36)34-22-9-11-24(12-10-22)38-30(31,32)33/h2*8-13,16,19-20,23H,4-7,14-15,17-18H2,1-3H3,(H,34,35)/t2*19-,23+/m10/s1. The molecule has 16 heteroatoms. The summed E-state index contributed by atoms with van der Waals surface area (Å²) in [5.41, 5.74) is 6.37. The Balaban J connectivity index is 0.000000186. The fourth-order valence-electron chi connectivity index (χ4n) is 13.4. The lowest BCUT2D eigenvalue weighted by Crippen LogP contribution is -2.29. The summed E-state index contributed by atoms with van der Waals surface area (Å²) >= 11 is 0. The Morgan fingerprint density at radius 3 is 1.24 bits per heavy atom. The van der Waals surface area contributed by atoms with E-state index in [1.54, 1.807) is 24.3 Å². The number of hydrogen-bond donors (Lipinski definition) is 2. The number of aromatic nitrogens is 4. The predicted octanol–water partition coefficient (Wildman–Crippen LogP) is 17.7. The fourth-order valence-corrected chi connectivity index (χ4v) is 13.4. The SMILES string of the molecule is C[C@@H]1C[C@H](n2c(Nc3ccc(OC(F)(F)F)cc3)nc3ccc(C(=O)CC4CCCC4)cc32)CC(C)(C)C1.C[C@H]1C[C@@H](n2c(Nc3ccc(OC(F)(F)F)cc3)nc3ccc(C(=O)CC4CCCC4)cc32)CC(C)(C)C1. The first-order valence-corrected chi connectivity index (χ1v) is 27.3. The summed E-state index contributed by atoms with van der Waals surface area (Å²) in [6.45, 7) is 13.7. The Morgan fingerprint density at radius 2 is 0.908 bits per heavy atom. The number of alkyl halides is 6. The normalized spacial score (nSPS) is 22.1. The van der Waals surface area contributed by atoms with Gasteiger partial charge in [0.1, 0.15) is 11.5 Å². The van der Waals surface area contributed by atoms with Gasteiger partial charge in [-0.05, 0) is 158 Å². The highest BCUT2D eigenvalue weighted by atomic mass is 19.4. The zero-order valence-electron chi connectivity index (χ0n) is 44.6. The molecule has 4 aromatic carbocycles. The van der Waals surface area contributed by atoms with Gasteiger partial charge in [-0.15, -0.1) is 26.3 Å². The first-order valence-electron chi connectivity index (χ1n) is 27.3. The van der Waals surface area contributed by atoms with Crippen molar-refractivity contribution in [2.45, 2.75) is 169 Å². The van der Waals surface area contributed by atoms with Gasteiger partial charge < -0.3 is 29.2 Å². The predicted molar refractivity (Wildman–Crippen MR) is 286 cm³/mol. The van der Waals surface area contributed by atoms with Crippen molar-refractivity contribution in [2.75, 3.05) is 10.6 Å². The van der Waals surface area contributed by atoms with Crippen molar-refractivity contribution in [1.29, 1.82) is 0 Å². The average Bonchev–Trinajstić information content (AvgIpc) is 4.18. The minimum atomic E-state index is -4.74. The van der Waals surface area contributed by atoms with Gasteiger partial charge in [-0.25, -0.2) is 9.97 Å². The molecule has 4 atom stereocenters. The summed E-state index contributed by atoms with van der Waals surface area (Å²) < 4.78 is 88.0. The van der Waals surface area contributed by atoms with Crippen LogP contribution >= 0.6 is 0 Å². The van der Waals surface area contributed by atoms with Crippen LogP contribution in [0, 0.1) is 34.5 Å². The summed E-state index contributed by atoms with van der Waals surface area (Å²) in [5.74, 6) is 3.07. The number of fused-ring (bicyclic) bond motifs is 2. The number of carbonyl (C=O) groups is 2. The van der Waals surface area contributed by atoms with Crippen molar-refractivity contribution < 1.29 is 45.4 Å². The van der Waals surface area contributed by atoms with Gasteiger partial charge in [-0.3, -0.25) is 9.59 Å². The Hall–Kier alpha value is -6.06. The molecule has 0 amide bonds. The maximum Gasteiger partial charge on any atom is 0.573 e. The second kappa shape index (κ2) is 22.1. The Bertz CT molecular complexity index is 2780. The van der Waals surface area contributed by atoms with E-state index in [-0.39, 0.29) is 46.0 Å². The first-order chi connectivity index (χ1) is 35.9. The third kappa shape index (κ3) is 13.9. The molecule has 76 heavy (non-hydrogen) atoms. The topological polar surface area (TPSA) is 112 Å². The molecular formula is C60H72F6N6O4. The first kappa shape index (κ1) is 54.7. The van der Waals surface area contributed by atoms with E-state index in [1.807, 2.05) is 36.4 Å². The number of ketones is 2. The van der Waals surface area contributed by atoms with Gasteiger partial charge in [0.15, 0.2) is 11.6 Å². The average molecular weight is 1060 g/mol. The number of hydrogen-bond acceptors (Lipinski definition) is 8. The van der Waals surface area contributed by atoms with E-state index >= 15 is 0 Å². The largest absolute Gasteiger partial charge is 0.573 e. The van der Waals surface area contributed by atoms with Gasteiger partial charge in [0.05, 0.1) is 22.1 Å². The van der Waals surface area contributed by atoms with Gasteiger partial charge in [0.25, 0.3) is 0 Å². The van der Waals surface area contributed by atoms with Crippen molar-refractivity contribution in [3.05, 3.63) is 96.1 Å². The second-order valence-corrected chi connectivity index (χ2v) is 24.1. The van der Waals surface area contributed by atoms with E-state index in [0.29, 0.717) is 70.9 Å². The molecule has 6 aromatic rings. The monoisotopic (exact) mass is 1050 g/mol. The van der Waals surface area contributed by atoms with E-state index in [0.717, 1.165) is 86.3 Å². The third-order valence-corrected chi connectivity index (χ3v) is 16.1. The van der Waals surface area contributed by atoms with Gasteiger partial charge in [-0.1, -0.05) is 92.9 Å². The minimum absolute atomic E-state index is 0.155. The van der Waals surface area contributed by atoms with E-state index in [1.165, 1.54) is 49.9 Å². The smallest absolute Gasteiger partial charge is 0.406 e. The quantitative estimate of drug-likeness (QED) is 0.0819. The number of benzene rings is 4. The summed E-state index contributed by atoms with van der Waals surface area (Å²) in [4.78, 5) is 36.1. The molecule has 2 aromatic heterocycles. The number of rotatable bonds is 14. The highest BCUT2D eigenvalue weighted by Crippen LogP contribution is 2.48. The highest BCUT2D eigenvalue weighted by molar-refractivity contribution is 6.00. The van der Waals surface area contributed by atoms with E-state index < -0.39 is 12.7 Å². The maximum atomic E-state index is 13.2. The summed E-state index contributed by atoms with van der Waals surface area (Å²) in [5, 5.41) is 6.66. The van der Waals surface area contributed by atoms with Crippen molar-refractivity contribution in [3.63, 3.8) is 0 Å². The van der Waals surface area contributed by atoms with Gasteiger partial charge in [-0.2, -0.15) is 0 Å². The van der Waals surface area contributed by atoms with E-state index in [4.69, 9.17) is 9.97 Å². The number of nitrogens with zero attached hydrogens (tertiary/aromatic N) is 4. The summed E-state index contributed by atoms with van der Waals surface area (Å²) in [7, 11) is 0. The molecule has 4 aliphatic rings. The molecule has 4 saturated carbocycles. The lowest BCUT2D eigenvalue weighted by atomic mass is 9.70. The van der Waals surface area contributed by atoms with Crippen LogP contribution in [0.4, 0.5) is 49.6 Å². The van der Waals surface area contributed by atoms with Gasteiger partial charge in [0, 0.05) is 47.4 Å². The zero-order chi connectivity index (χ0) is 54.2. The number of carbonyl (C=O) groups excluding carboxylic acids is 2. The molecule has 2 N–H and O–H groups in total. The van der Waals surface area contributed by atoms with Crippen LogP contribution in [0.3, 0.4) is 0 Å². The van der Waals surface area contributed by atoms with Gasteiger partial charge >= 0.3 is 12.7 Å². The molecule has 0 bridgehead atoms. The molecular weight excluding hydrogens is 983 g/mol. The summed E-state index contributed by atoms with van der Waals surface area (Å²) in [6, 6.07) is 23.2. The van der Waals surface area contributed by atoms with Crippen LogP contribution in [0.25, 0.3) is 22.1 Å². The van der Waals surface area contributed by atoms with Crippen molar-refractivity contribution in [1.82, 2.24) is 19.1 Å². The Labute approximate surface area is 441 Å². The van der Waals surface area contributed by atoms with Crippen LogP contribution in [0.2, 0.25) is 0 Å². The van der Waals surface area contributed by atoms with E-state index in [2.05, 4.69) is 70.8 Å². The van der Waals surface area contributed by atoms with Crippen LogP contribution < -0.4 is 20.1 Å². The molecule has 408 valence electrons. The Kier molecular flexibility index (Phi) is 15.9. The number of imidazole rings is 2. The third-order valence-electron chi connectivity index (χ3n) is 16.1. The van der Waals surface area contributed by atoms with Crippen molar-refractivity contribution >= 4 is 56.9 Å². The van der Waals surface area contributed by atoms with Crippen LogP contribution in [-0.2, 0) is 0 Å². The maximum absolute atomic E-state index is 13.2. The van der Waals surface area contributed by atoms with Crippen LogP contribution in [-0.4, -0.2) is 43.4 Å². The minimum Gasteiger partial charge on any atom is -0.406 e. The molecule has 2 heterocycles. The van der Waals surface area contributed by atoms with Crippen molar-refractivity contribution in [3.8, 4) is 11.5 Å². The fraction of sp³-hybridized carbons (Fsp3) is 0.533. The molecule has 0 spiro atoms. The van der Waals surface area contributed by atoms with E-state index in [9.17, 15) is 35.9 Å². The zero-order valence-corrected chi connectivity index (χ0v) is 44.6. The number of nitrogens with one attached hydrogen (secondary N) is 2. The molecule has 10 rings (SSSR count). The molecule has 0 unspecified atom stereocenters. The molecule has 0 radical (unpaired) electrons. The number of ether oxygens (including phenoxy) is 2.